The van der Waals surface area contributed by atoms with Gasteiger partial charge in [-0.1, -0.05) is 46.5 Å². The summed E-state index contributed by atoms with van der Waals surface area (Å²) in [6, 6.07) is 0.741. The zero-order valence-electron chi connectivity index (χ0n) is 11.3. The van der Waals surface area contributed by atoms with Gasteiger partial charge in [0.25, 0.3) is 0 Å². The highest BCUT2D eigenvalue weighted by atomic mass is 32.2. The lowest BCUT2D eigenvalue weighted by Crippen LogP contribution is -2.38. The van der Waals surface area contributed by atoms with Crippen LogP contribution in [-0.4, -0.2) is 23.6 Å². The van der Waals surface area contributed by atoms with Gasteiger partial charge in [-0.15, -0.1) is 0 Å². The predicted octanol–water partition coefficient (Wildman–Crippen LogP) is 4.08. The predicted molar refractivity (Wildman–Crippen MR) is 76.3 cm³/mol. The van der Waals surface area contributed by atoms with Gasteiger partial charge in [0.15, 0.2) is 0 Å². The average Bonchev–Trinajstić information content (AvgIpc) is 2.80. The van der Waals surface area contributed by atoms with Gasteiger partial charge in [0, 0.05) is 17.0 Å². The Bertz CT molecular complexity index is 162. The molecule has 0 aromatic heterocycles. The molecule has 1 unspecified atom stereocenters. The van der Waals surface area contributed by atoms with E-state index in [4.69, 9.17) is 0 Å². The second kappa shape index (κ2) is 8.41. The van der Waals surface area contributed by atoms with E-state index in [-0.39, 0.29) is 0 Å². The van der Waals surface area contributed by atoms with Crippen molar-refractivity contribution < 1.29 is 0 Å². The largest absolute Gasteiger partial charge is 0.313 e. The van der Waals surface area contributed by atoms with Crippen molar-refractivity contribution >= 4 is 11.8 Å². The molecular weight excluding hydrogens is 214 g/mol. The maximum absolute atomic E-state index is 3.69. The van der Waals surface area contributed by atoms with E-state index in [0.29, 0.717) is 0 Å². The van der Waals surface area contributed by atoms with Gasteiger partial charge in [0.1, 0.15) is 0 Å². The number of hydrogen-bond donors (Lipinski definition) is 1. The molecule has 0 aromatic carbocycles. The van der Waals surface area contributed by atoms with Gasteiger partial charge in [-0.2, -0.15) is 11.8 Å². The summed E-state index contributed by atoms with van der Waals surface area (Å²) in [4.78, 5) is 0. The summed E-state index contributed by atoms with van der Waals surface area (Å²) < 4.78 is 0. The fourth-order valence-electron chi connectivity index (χ4n) is 2.78. The highest BCUT2D eigenvalue weighted by molar-refractivity contribution is 7.99. The highest BCUT2D eigenvalue weighted by Crippen LogP contribution is 2.31. The number of nitrogens with one attached hydrogen (secondary N) is 1. The van der Waals surface area contributed by atoms with E-state index >= 15 is 0 Å². The van der Waals surface area contributed by atoms with Gasteiger partial charge in [-0.05, 0) is 25.3 Å². The molecule has 1 nitrogen and oxygen atoms in total. The molecule has 0 heterocycles. The van der Waals surface area contributed by atoms with Gasteiger partial charge < -0.3 is 5.32 Å². The van der Waals surface area contributed by atoms with Crippen molar-refractivity contribution in [3.05, 3.63) is 0 Å². The third-order valence-corrected chi connectivity index (χ3v) is 5.39. The summed E-state index contributed by atoms with van der Waals surface area (Å²) in [5.41, 5.74) is 0. The van der Waals surface area contributed by atoms with Crippen LogP contribution in [-0.2, 0) is 0 Å². The van der Waals surface area contributed by atoms with Crippen LogP contribution in [0.1, 0.15) is 59.3 Å². The van der Waals surface area contributed by atoms with Crippen molar-refractivity contribution in [1.29, 1.82) is 0 Å². The average molecular weight is 243 g/mol. The molecule has 1 atom stereocenters. The van der Waals surface area contributed by atoms with Gasteiger partial charge in [0.2, 0.25) is 0 Å². The molecule has 0 aromatic rings. The van der Waals surface area contributed by atoms with Crippen LogP contribution in [0.4, 0.5) is 0 Å². The normalized spacial score (nSPS) is 19.5. The maximum atomic E-state index is 3.69. The molecule has 16 heavy (non-hydrogen) atoms. The second-order valence-corrected chi connectivity index (χ2v) is 6.31. The Labute approximate surface area is 106 Å². The monoisotopic (exact) mass is 243 g/mol. The maximum Gasteiger partial charge on any atom is 0.0186 e. The summed E-state index contributed by atoms with van der Waals surface area (Å²) in [5.74, 6) is 2.19. The minimum atomic E-state index is 0.741. The smallest absolute Gasteiger partial charge is 0.0186 e. The quantitative estimate of drug-likeness (QED) is 0.689. The lowest BCUT2D eigenvalue weighted by atomic mass is 9.95. The molecule has 0 saturated heterocycles. The van der Waals surface area contributed by atoms with Crippen LogP contribution in [0.2, 0.25) is 0 Å². The molecule has 1 N–H and O–H groups in total. The Morgan fingerprint density at radius 2 is 1.75 bits per heavy atom. The molecule has 0 spiro atoms. The van der Waals surface area contributed by atoms with Crippen molar-refractivity contribution in [1.82, 2.24) is 5.32 Å². The third kappa shape index (κ3) is 4.67. The molecule has 1 fully saturated rings. The molecule has 1 saturated carbocycles. The molecular formula is C14H29NS. The van der Waals surface area contributed by atoms with E-state index in [0.717, 1.165) is 23.8 Å². The van der Waals surface area contributed by atoms with Crippen molar-refractivity contribution in [3.63, 3.8) is 0 Å². The fourth-order valence-corrected chi connectivity index (χ4v) is 4.31. The molecule has 2 heteroatoms. The minimum Gasteiger partial charge on any atom is -0.313 e. The molecule has 0 bridgehead atoms. The van der Waals surface area contributed by atoms with Crippen molar-refractivity contribution in [2.45, 2.75) is 70.6 Å². The molecule has 96 valence electrons. The third-order valence-electron chi connectivity index (χ3n) is 3.90. The van der Waals surface area contributed by atoms with E-state index in [1.165, 1.54) is 44.3 Å². The number of rotatable bonds is 8. The second-order valence-electron chi connectivity index (χ2n) is 4.98. The van der Waals surface area contributed by atoms with Crippen molar-refractivity contribution in [2.24, 2.45) is 5.92 Å². The van der Waals surface area contributed by atoms with Gasteiger partial charge in [-0.25, -0.2) is 0 Å². The Hall–Kier alpha value is 0.310. The van der Waals surface area contributed by atoms with E-state index in [2.05, 4.69) is 37.8 Å². The molecule has 0 aliphatic heterocycles. The summed E-state index contributed by atoms with van der Waals surface area (Å²) in [6.45, 7) is 8.01. The summed E-state index contributed by atoms with van der Waals surface area (Å²) in [5, 5.41) is 4.66. The standard InChI is InChI=1S/C14H29NS/c1-4-12(5-2)14(15-6-3)11-16-13-9-7-8-10-13/h12-15H,4-11H2,1-3H3. The van der Waals surface area contributed by atoms with Crippen LogP contribution < -0.4 is 5.32 Å². The SMILES string of the molecule is CCNC(CSC1CCCC1)C(CC)CC. The van der Waals surface area contributed by atoms with Crippen molar-refractivity contribution in [3.8, 4) is 0 Å². The summed E-state index contributed by atoms with van der Waals surface area (Å²) in [7, 11) is 0. The summed E-state index contributed by atoms with van der Waals surface area (Å²) >= 11 is 2.23. The van der Waals surface area contributed by atoms with Crippen molar-refractivity contribution in [2.75, 3.05) is 12.3 Å². The van der Waals surface area contributed by atoms with E-state index in [1.54, 1.807) is 0 Å². The first kappa shape index (κ1) is 14.4. The molecule has 0 radical (unpaired) electrons. The first-order valence-corrected chi connectivity index (χ1v) is 8.21. The lowest BCUT2D eigenvalue weighted by molar-refractivity contribution is 0.365. The van der Waals surface area contributed by atoms with E-state index in [1.807, 2.05) is 0 Å². The van der Waals surface area contributed by atoms with Crippen LogP contribution >= 0.6 is 11.8 Å². The number of hydrogen-bond acceptors (Lipinski definition) is 2. The molecule has 1 aliphatic carbocycles. The van der Waals surface area contributed by atoms with Crippen LogP contribution in [0, 0.1) is 5.92 Å². The van der Waals surface area contributed by atoms with Crippen LogP contribution in [0.25, 0.3) is 0 Å². The molecule has 0 amide bonds. The first-order chi connectivity index (χ1) is 7.81. The van der Waals surface area contributed by atoms with E-state index < -0.39 is 0 Å². The van der Waals surface area contributed by atoms with Crippen LogP contribution in [0.5, 0.6) is 0 Å². The Morgan fingerprint density at radius 3 is 2.25 bits per heavy atom. The first-order valence-electron chi connectivity index (χ1n) is 7.16. The van der Waals surface area contributed by atoms with Gasteiger partial charge >= 0.3 is 0 Å². The minimum absolute atomic E-state index is 0.741. The Morgan fingerprint density at radius 1 is 1.12 bits per heavy atom. The number of thioether (sulfide) groups is 1. The summed E-state index contributed by atoms with van der Waals surface area (Å²) in [6.07, 6.45) is 8.50. The zero-order chi connectivity index (χ0) is 11.8. The fraction of sp³-hybridized carbons (Fsp3) is 1.00. The van der Waals surface area contributed by atoms with Crippen LogP contribution in [0.3, 0.4) is 0 Å². The lowest BCUT2D eigenvalue weighted by Gasteiger charge is -2.27. The Kier molecular flexibility index (Phi) is 7.55. The van der Waals surface area contributed by atoms with E-state index in [9.17, 15) is 0 Å². The van der Waals surface area contributed by atoms with Gasteiger partial charge in [0.05, 0.1) is 0 Å². The van der Waals surface area contributed by atoms with Crippen LogP contribution in [0.15, 0.2) is 0 Å². The molecule has 1 rings (SSSR count). The topological polar surface area (TPSA) is 12.0 Å². The van der Waals surface area contributed by atoms with Gasteiger partial charge in [-0.3, -0.25) is 0 Å². The zero-order valence-corrected chi connectivity index (χ0v) is 12.1. The molecule has 1 aliphatic rings. The highest BCUT2D eigenvalue weighted by Gasteiger charge is 2.21. The Balaban J connectivity index is 2.30.